The van der Waals surface area contributed by atoms with Crippen molar-refractivity contribution in [2.45, 2.75) is 11.3 Å². The molecule has 0 atom stereocenters. The van der Waals surface area contributed by atoms with E-state index in [1.807, 2.05) is 29.9 Å². The fourth-order valence-corrected chi connectivity index (χ4v) is 1.95. The maximum Gasteiger partial charge on any atom is 0.252 e. The summed E-state index contributed by atoms with van der Waals surface area (Å²) in [6.07, 6.45) is 4.35. The number of carbonyl (C=O) groups is 1. The molecule has 0 spiro atoms. The minimum absolute atomic E-state index is 0.102. The van der Waals surface area contributed by atoms with Crippen molar-refractivity contribution in [2.75, 3.05) is 6.54 Å². The van der Waals surface area contributed by atoms with Crippen LogP contribution in [0.25, 0.3) is 0 Å². The molecule has 0 unspecified atom stereocenters. The minimum atomic E-state index is -0.102. The molecule has 18 heavy (non-hydrogen) atoms. The minimum Gasteiger partial charge on any atom is -0.352 e. The van der Waals surface area contributed by atoms with Crippen LogP contribution in [0.1, 0.15) is 16.2 Å². The van der Waals surface area contributed by atoms with E-state index in [1.165, 1.54) is 0 Å². The van der Waals surface area contributed by atoms with E-state index in [4.69, 9.17) is 0 Å². The number of nitrogens with zero attached hydrogens (tertiary/aromatic N) is 2. The number of amides is 1. The van der Waals surface area contributed by atoms with Gasteiger partial charge in [-0.2, -0.15) is 0 Å². The summed E-state index contributed by atoms with van der Waals surface area (Å²) in [4.78, 5) is 16.8. The molecule has 1 aromatic carbocycles. The topological polar surface area (TPSA) is 46.9 Å². The molecule has 4 nitrogen and oxygen atoms in total. The molecule has 5 heteroatoms. The summed E-state index contributed by atoms with van der Waals surface area (Å²) in [5, 5.41) is 2.86. The summed E-state index contributed by atoms with van der Waals surface area (Å²) in [6, 6.07) is 7.25. The molecule has 0 fully saturated rings. The Kier molecular flexibility index (Phi) is 4.04. The van der Waals surface area contributed by atoms with E-state index in [9.17, 15) is 4.79 Å². The first-order valence-corrected chi connectivity index (χ1v) is 6.15. The van der Waals surface area contributed by atoms with Gasteiger partial charge in [-0.1, -0.05) is 12.1 Å². The second-order valence-corrected chi connectivity index (χ2v) is 4.46. The zero-order valence-corrected chi connectivity index (χ0v) is 11.0. The first-order valence-electron chi connectivity index (χ1n) is 5.71. The molecule has 0 saturated heterocycles. The molecule has 94 valence electrons. The number of thiol groups is 1. The highest BCUT2D eigenvalue weighted by Crippen LogP contribution is 2.12. The first-order chi connectivity index (χ1) is 8.68. The van der Waals surface area contributed by atoms with Crippen molar-refractivity contribution in [3.63, 3.8) is 0 Å². The highest BCUT2D eigenvalue weighted by atomic mass is 32.1. The van der Waals surface area contributed by atoms with Gasteiger partial charge < -0.3 is 9.88 Å². The average molecular weight is 261 g/mol. The Bertz CT molecular complexity index is 551. The fraction of sp³-hybridized carbons (Fsp3) is 0.231. The highest BCUT2D eigenvalue weighted by molar-refractivity contribution is 7.80. The van der Waals surface area contributed by atoms with Gasteiger partial charge in [0.1, 0.15) is 5.82 Å². The van der Waals surface area contributed by atoms with E-state index in [2.05, 4.69) is 22.9 Å². The lowest BCUT2D eigenvalue weighted by atomic mass is 10.2. The molecule has 0 saturated carbocycles. The highest BCUT2D eigenvalue weighted by Gasteiger charge is 2.08. The molecule has 1 amide bonds. The summed E-state index contributed by atoms with van der Waals surface area (Å²) in [7, 11) is 1.94. The van der Waals surface area contributed by atoms with E-state index in [0.29, 0.717) is 23.4 Å². The van der Waals surface area contributed by atoms with Crippen LogP contribution in [-0.4, -0.2) is 22.0 Å². The summed E-state index contributed by atoms with van der Waals surface area (Å²) in [6.45, 7) is 0.561. The summed E-state index contributed by atoms with van der Waals surface area (Å²) >= 11 is 4.26. The molecular formula is C13H15N3OS. The monoisotopic (exact) mass is 261 g/mol. The molecule has 1 aromatic heterocycles. The van der Waals surface area contributed by atoms with Crippen LogP contribution in [0.3, 0.4) is 0 Å². The van der Waals surface area contributed by atoms with Crippen LogP contribution < -0.4 is 5.32 Å². The Hall–Kier alpha value is -1.75. The molecule has 0 aliphatic rings. The van der Waals surface area contributed by atoms with Crippen molar-refractivity contribution in [1.29, 1.82) is 0 Å². The van der Waals surface area contributed by atoms with Gasteiger partial charge in [0, 0.05) is 37.3 Å². The van der Waals surface area contributed by atoms with Gasteiger partial charge in [0.2, 0.25) is 0 Å². The second kappa shape index (κ2) is 5.73. The Morgan fingerprint density at radius 1 is 1.44 bits per heavy atom. The van der Waals surface area contributed by atoms with Crippen molar-refractivity contribution in [3.8, 4) is 0 Å². The summed E-state index contributed by atoms with van der Waals surface area (Å²) in [5.74, 6) is 0.851. The lowest BCUT2D eigenvalue weighted by Crippen LogP contribution is -2.26. The van der Waals surface area contributed by atoms with Gasteiger partial charge in [-0.25, -0.2) is 4.98 Å². The van der Waals surface area contributed by atoms with Crippen LogP contribution in [0.4, 0.5) is 0 Å². The number of rotatable bonds is 4. The number of nitrogens with one attached hydrogen (secondary N) is 1. The van der Waals surface area contributed by atoms with Gasteiger partial charge >= 0.3 is 0 Å². The Balaban J connectivity index is 1.90. The summed E-state index contributed by atoms with van der Waals surface area (Å²) < 4.78 is 1.94. The molecule has 0 aliphatic heterocycles. The maximum absolute atomic E-state index is 11.9. The van der Waals surface area contributed by atoms with Crippen LogP contribution in [0.2, 0.25) is 0 Å². The third kappa shape index (κ3) is 2.92. The largest absolute Gasteiger partial charge is 0.352 e. The third-order valence-electron chi connectivity index (χ3n) is 2.70. The standard InChI is InChI=1S/C13H15N3OS/c1-16-9-8-14-12(16)6-7-15-13(17)10-4-2-3-5-11(10)18/h2-5,8-9,18H,6-7H2,1H3,(H,15,17). The van der Waals surface area contributed by atoms with Gasteiger partial charge in [-0.05, 0) is 12.1 Å². The number of hydrogen-bond acceptors (Lipinski definition) is 3. The van der Waals surface area contributed by atoms with Crippen LogP contribution in [0, 0.1) is 0 Å². The predicted molar refractivity (Wildman–Crippen MR) is 72.9 cm³/mol. The number of carbonyl (C=O) groups excluding carboxylic acids is 1. The van der Waals surface area contributed by atoms with Crippen molar-refractivity contribution < 1.29 is 4.79 Å². The van der Waals surface area contributed by atoms with Crippen LogP contribution in [-0.2, 0) is 13.5 Å². The van der Waals surface area contributed by atoms with Gasteiger partial charge in [-0.15, -0.1) is 12.6 Å². The second-order valence-electron chi connectivity index (χ2n) is 3.98. The molecular weight excluding hydrogens is 246 g/mol. The Labute approximate surface area is 111 Å². The Morgan fingerprint density at radius 2 is 2.22 bits per heavy atom. The Morgan fingerprint density at radius 3 is 2.89 bits per heavy atom. The molecule has 2 aromatic rings. The third-order valence-corrected chi connectivity index (χ3v) is 3.09. The first kappa shape index (κ1) is 12.7. The maximum atomic E-state index is 11.9. The van der Waals surface area contributed by atoms with E-state index < -0.39 is 0 Å². The zero-order chi connectivity index (χ0) is 13.0. The van der Waals surface area contributed by atoms with Gasteiger partial charge in [0.25, 0.3) is 5.91 Å². The van der Waals surface area contributed by atoms with E-state index in [1.54, 1.807) is 18.3 Å². The number of benzene rings is 1. The van der Waals surface area contributed by atoms with Gasteiger partial charge in [-0.3, -0.25) is 4.79 Å². The number of hydrogen-bond donors (Lipinski definition) is 2. The van der Waals surface area contributed by atoms with E-state index in [0.717, 1.165) is 5.82 Å². The molecule has 1 N–H and O–H groups in total. The fourth-order valence-electron chi connectivity index (χ4n) is 1.69. The number of imidazole rings is 1. The van der Waals surface area contributed by atoms with Crippen molar-refractivity contribution in [3.05, 3.63) is 48.0 Å². The molecule has 2 rings (SSSR count). The van der Waals surface area contributed by atoms with Gasteiger partial charge in [0.05, 0.1) is 5.56 Å². The number of aromatic nitrogens is 2. The quantitative estimate of drug-likeness (QED) is 0.823. The summed E-state index contributed by atoms with van der Waals surface area (Å²) in [5.41, 5.74) is 0.598. The normalized spacial score (nSPS) is 10.3. The molecule has 0 radical (unpaired) electrons. The van der Waals surface area contributed by atoms with Crippen molar-refractivity contribution in [1.82, 2.24) is 14.9 Å². The van der Waals surface area contributed by atoms with Crippen LogP contribution in [0.5, 0.6) is 0 Å². The van der Waals surface area contributed by atoms with E-state index >= 15 is 0 Å². The van der Waals surface area contributed by atoms with Gasteiger partial charge in [0.15, 0.2) is 0 Å². The zero-order valence-electron chi connectivity index (χ0n) is 10.1. The molecule has 0 bridgehead atoms. The predicted octanol–water partition coefficient (Wildman–Crippen LogP) is 1.68. The van der Waals surface area contributed by atoms with Crippen molar-refractivity contribution >= 4 is 18.5 Å². The lowest BCUT2D eigenvalue weighted by Gasteiger charge is -2.07. The lowest BCUT2D eigenvalue weighted by molar-refractivity contribution is 0.0951. The number of aryl methyl sites for hydroxylation is 1. The van der Waals surface area contributed by atoms with Crippen LogP contribution in [0.15, 0.2) is 41.6 Å². The smallest absolute Gasteiger partial charge is 0.252 e. The van der Waals surface area contributed by atoms with E-state index in [-0.39, 0.29) is 5.91 Å². The van der Waals surface area contributed by atoms with Crippen LogP contribution >= 0.6 is 12.6 Å². The molecule has 1 heterocycles. The molecule has 0 aliphatic carbocycles. The SMILES string of the molecule is Cn1ccnc1CCNC(=O)c1ccccc1S. The average Bonchev–Trinajstić information content (AvgIpc) is 2.75. The van der Waals surface area contributed by atoms with Crippen molar-refractivity contribution in [2.24, 2.45) is 7.05 Å².